The number of hydrogen-bond donors (Lipinski definition) is 4. The lowest BCUT2D eigenvalue weighted by molar-refractivity contribution is 0.102. The largest absolute Gasteiger partial charge is 0.445 e. The van der Waals surface area contributed by atoms with Gasteiger partial charge in [0.2, 0.25) is 0 Å². The van der Waals surface area contributed by atoms with Crippen molar-refractivity contribution in [2.75, 3.05) is 11.1 Å². The van der Waals surface area contributed by atoms with Crippen molar-refractivity contribution in [2.45, 2.75) is 43.9 Å². The average molecular weight is 457 g/mol. The third kappa shape index (κ3) is 4.75. The number of nitrogens with one attached hydrogen (secondary N) is 2. The molecule has 2 amide bonds. The average Bonchev–Trinajstić information content (AvgIpc) is 3.45. The third-order valence-corrected chi connectivity index (χ3v) is 6.60. The van der Waals surface area contributed by atoms with Crippen LogP contribution in [0, 0.1) is 0 Å². The zero-order chi connectivity index (χ0) is 23.7. The Morgan fingerprint density at radius 1 is 1.03 bits per heavy atom. The van der Waals surface area contributed by atoms with Crippen LogP contribution in [0.4, 0.5) is 16.2 Å². The number of para-hydroxylation sites is 2. The minimum atomic E-state index is -0.451. The summed E-state index contributed by atoms with van der Waals surface area (Å²) >= 11 is 0. The van der Waals surface area contributed by atoms with Gasteiger partial charge in [-0.15, -0.1) is 0 Å². The highest BCUT2D eigenvalue weighted by atomic mass is 16.5. The number of nitrogens with two attached hydrogens (primary N) is 2. The van der Waals surface area contributed by atoms with Gasteiger partial charge in [-0.05, 0) is 65.8 Å². The lowest BCUT2D eigenvalue weighted by Gasteiger charge is -2.15. The number of carbonyl (C=O) groups is 2. The molecule has 0 radical (unpaired) electrons. The summed E-state index contributed by atoms with van der Waals surface area (Å²) in [5, 5.41) is 5.80. The number of aryl methyl sites for hydroxylation is 1. The standard InChI is InChI=1S/C27H28N4O3/c28-22-3-1-2-4-25(22)30-26(32)19-9-11-20-18(13-19)10-12-24(20)31-27(33)34-15-16-5-7-17(8-6-16)21-14-23(21)29/h1-9,11,13,21,23-24H,10,12,14-15,28-29H2,(H,30,32)(H,31,33)/t21-,23+,24+/m0/s1. The van der Waals surface area contributed by atoms with Crippen LogP contribution in [0.25, 0.3) is 0 Å². The van der Waals surface area contributed by atoms with E-state index in [1.54, 1.807) is 18.2 Å². The van der Waals surface area contributed by atoms with Gasteiger partial charge in [-0.3, -0.25) is 4.79 Å². The molecule has 3 aromatic carbocycles. The van der Waals surface area contributed by atoms with Gasteiger partial charge in [0.15, 0.2) is 0 Å². The summed E-state index contributed by atoms with van der Waals surface area (Å²) in [6.45, 7) is 0.212. The fourth-order valence-corrected chi connectivity index (χ4v) is 4.51. The summed E-state index contributed by atoms with van der Waals surface area (Å²) in [7, 11) is 0. The van der Waals surface area contributed by atoms with Crippen LogP contribution in [0.5, 0.6) is 0 Å². The van der Waals surface area contributed by atoms with Crippen molar-refractivity contribution in [2.24, 2.45) is 5.73 Å². The minimum absolute atomic E-state index is 0.136. The number of nitrogen functional groups attached to an aromatic ring is 1. The van der Waals surface area contributed by atoms with Gasteiger partial charge in [-0.1, -0.05) is 42.5 Å². The second-order valence-electron chi connectivity index (χ2n) is 9.01. The fraction of sp³-hybridized carbons (Fsp3) is 0.259. The topological polar surface area (TPSA) is 119 Å². The second kappa shape index (κ2) is 9.19. The van der Waals surface area contributed by atoms with E-state index >= 15 is 0 Å². The molecule has 1 fully saturated rings. The van der Waals surface area contributed by atoms with E-state index in [0.717, 1.165) is 36.0 Å². The molecule has 0 aromatic heterocycles. The molecule has 5 rings (SSSR count). The van der Waals surface area contributed by atoms with Crippen molar-refractivity contribution in [3.63, 3.8) is 0 Å². The van der Waals surface area contributed by atoms with Crippen molar-refractivity contribution in [3.05, 3.63) is 94.5 Å². The molecule has 34 heavy (non-hydrogen) atoms. The van der Waals surface area contributed by atoms with Crippen LogP contribution in [-0.2, 0) is 17.8 Å². The summed E-state index contributed by atoms with van der Waals surface area (Å²) in [5.74, 6) is 0.245. The number of benzene rings is 3. The summed E-state index contributed by atoms with van der Waals surface area (Å²) in [4.78, 5) is 25.1. The van der Waals surface area contributed by atoms with E-state index in [4.69, 9.17) is 16.2 Å². The van der Waals surface area contributed by atoms with E-state index in [1.807, 2.05) is 36.4 Å². The molecular formula is C27H28N4O3. The van der Waals surface area contributed by atoms with Crippen LogP contribution in [0.3, 0.4) is 0 Å². The highest BCUT2D eigenvalue weighted by Gasteiger charge is 2.34. The van der Waals surface area contributed by atoms with Crippen molar-refractivity contribution < 1.29 is 14.3 Å². The highest BCUT2D eigenvalue weighted by molar-refractivity contribution is 6.05. The van der Waals surface area contributed by atoms with E-state index in [-0.39, 0.29) is 24.6 Å². The fourth-order valence-electron chi connectivity index (χ4n) is 4.51. The SMILES string of the molecule is Nc1ccccc1NC(=O)c1ccc2c(c1)CC[C@H]2NC(=O)OCc1ccc([C@@H]2C[C@H]2N)cc1. The summed E-state index contributed by atoms with van der Waals surface area (Å²) < 4.78 is 5.43. The van der Waals surface area contributed by atoms with Crippen LogP contribution >= 0.6 is 0 Å². The van der Waals surface area contributed by atoms with Gasteiger partial charge in [-0.2, -0.15) is 0 Å². The molecule has 2 aliphatic carbocycles. The lowest BCUT2D eigenvalue weighted by atomic mass is 10.0. The number of anilines is 2. The van der Waals surface area contributed by atoms with Gasteiger partial charge in [0.25, 0.3) is 5.91 Å². The van der Waals surface area contributed by atoms with Gasteiger partial charge in [0, 0.05) is 17.5 Å². The molecule has 2 aliphatic rings. The van der Waals surface area contributed by atoms with Crippen LogP contribution in [0.15, 0.2) is 66.7 Å². The van der Waals surface area contributed by atoms with Crippen molar-refractivity contribution in [1.82, 2.24) is 5.32 Å². The normalized spacial score (nSPS) is 20.3. The van der Waals surface area contributed by atoms with Crippen LogP contribution < -0.4 is 22.1 Å². The van der Waals surface area contributed by atoms with E-state index < -0.39 is 6.09 Å². The predicted molar refractivity (Wildman–Crippen MR) is 131 cm³/mol. The first-order chi connectivity index (χ1) is 16.5. The highest BCUT2D eigenvalue weighted by Crippen LogP contribution is 2.38. The number of rotatable bonds is 6. The number of alkyl carbamates (subject to hydrolysis) is 1. The molecule has 0 saturated heterocycles. The maximum absolute atomic E-state index is 12.7. The van der Waals surface area contributed by atoms with Gasteiger partial charge >= 0.3 is 6.09 Å². The summed E-state index contributed by atoms with van der Waals surface area (Å²) in [6, 6.07) is 20.9. The molecule has 0 bridgehead atoms. The number of amides is 2. The minimum Gasteiger partial charge on any atom is -0.445 e. The number of carbonyl (C=O) groups excluding carboxylic acids is 2. The molecule has 0 aliphatic heterocycles. The number of fused-ring (bicyclic) bond motifs is 1. The Morgan fingerprint density at radius 3 is 2.53 bits per heavy atom. The third-order valence-electron chi connectivity index (χ3n) is 6.60. The Labute approximate surface area is 198 Å². The van der Waals surface area contributed by atoms with Gasteiger partial charge in [-0.25, -0.2) is 4.79 Å². The molecule has 0 unspecified atom stereocenters. The maximum atomic E-state index is 12.7. The summed E-state index contributed by atoms with van der Waals surface area (Å²) in [5.41, 5.74) is 17.7. The zero-order valence-electron chi connectivity index (χ0n) is 18.8. The van der Waals surface area contributed by atoms with Gasteiger partial charge < -0.3 is 26.8 Å². The Balaban J connectivity index is 1.16. The molecule has 6 N–H and O–H groups in total. The van der Waals surface area contributed by atoms with Crippen LogP contribution in [0.1, 0.15) is 57.4 Å². The Morgan fingerprint density at radius 2 is 1.79 bits per heavy atom. The first-order valence-corrected chi connectivity index (χ1v) is 11.5. The van der Waals surface area contributed by atoms with E-state index in [0.29, 0.717) is 22.9 Å². The van der Waals surface area contributed by atoms with E-state index in [9.17, 15) is 9.59 Å². The molecular weight excluding hydrogens is 428 g/mol. The van der Waals surface area contributed by atoms with Crippen molar-refractivity contribution in [3.8, 4) is 0 Å². The lowest BCUT2D eigenvalue weighted by Crippen LogP contribution is -2.27. The summed E-state index contributed by atoms with van der Waals surface area (Å²) in [6.07, 6.45) is 2.12. The maximum Gasteiger partial charge on any atom is 0.407 e. The predicted octanol–water partition coefficient (Wildman–Crippen LogP) is 4.25. The van der Waals surface area contributed by atoms with Crippen LogP contribution in [0.2, 0.25) is 0 Å². The number of hydrogen-bond acceptors (Lipinski definition) is 5. The first kappa shape index (κ1) is 22.0. The molecule has 7 nitrogen and oxygen atoms in total. The molecule has 0 spiro atoms. The molecule has 7 heteroatoms. The Kier molecular flexibility index (Phi) is 5.94. The quantitative estimate of drug-likeness (QED) is 0.414. The van der Waals surface area contributed by atoms with E-state index in [2.05, 4.69) is 22.8 Å². The van der Waals surface area contributed by atoms with Crippen molar-refractivity contribution >= 4 is 23.4 Å². The second-order valence-corrected chi connectivity index (χ2v) is 9.01. The number of ether oxygens (including phenoxy) is 1. The molecule has 1 saturated carbocycles. The van der Waals surface area contributed by atoms with Crippen LogP contribution in [-0.4, -0.2) is 18.0 Å². The van der Waals surface area contributed by atoms with Gasteiger partial charge in [0.05, 0.1) is 17.4 Å². The Bertz CT molecular complexity index is 1220. The van der Waals surface area contributed by atoms with Crippen molar-refractivity contribution in [1.29, 1.82) is 0 Å². The zero-order valence-corrected chi connectivity index (χ0v) is 18.8. The van der Waals surface area contributed by atoms with E-state index in [1.165, 1.54) is 5.56 Å². The molecule has 3 atom stereocenters. The first-order valence-electron chi connectivity index (χ1n) is 11.5. The molecule has 174 valence electrons. The van der Waals surface area contributed by atoms with Gasteiger partial charge in [0.1, 0.15) is 6.61 Å². The molecule has 3 aromatic rings. The Hall–Kier alpha value is -3.84. The molecule has 0 heterocycles. The monoisotopic (exact) mass is 456 g/mol. The smallest absolute Gasteiger partial charge is 0.407 e.